The van der Waals surface area contributed by atoms with Crippen molar-refractivity contribution in [3.8, 4) is 0 Å². The fourth-order valence-corrected chi connectivity index (χ4v) is 3.68. The van der Waals surface area contributed by atoms with Crippen LogP contribution in [0.1, 0.15) is 25.3 Å². The minimum atomic E-state index is -1.07. The van der Waals surface area contributed by atoms with E-state index in [0.717, 1.165) is 22.9 Å². The maximum atomic E-state index is 11.1. The second-order valence-electron chi connectivity index (χ2n) is 5.29. The van der Waals surface area contributed by atoms with E-state index in [0.29, 0.717) is 24.8 Å². The summed E-state index contributed by atoms with van der Waals surface area (Å²) in [5.41, 5.74) is 5.25. The van der Waals surface area contributed by atoms with E-state index in [1.165, 1.54) is 0 Å². The quantitative estimate of drug-likeness (QED) is 0.882. The van der Waals surface area contributed by atoms with Gasteiger partial charge in [0, 0.05) is 40.2 Å². The van der Waals surface area contributed by atoms with Crippen LogP contribution < -0.4 is 5.73 Å². The standard InChI is InChI=1S/C14H19BrClNO2/c1-13(18,11-3-2-10(15)8-12(11)16)14(9-17)4-6-19-7-5-14/h2-3,8,18H,4-7,9,17H2,1H3. The van der Waals surface area contributed by atoms with Crippen molar-refractivity contribution in [1.29, 1.82) is 0 Å². The molecule has 1 aromatic rings. The Kier molecular flexibility index (Phi) is 4.58. The maximum absolute atomic E-state index is 11.1. The molecule has 1 atom stereocenters. The molecule has 0 aromatic heterocycles. The van der Waals surface area contributed by atoms with Gasteiger partial charge in [0.25, 0.3) is 0 Å². The number of halogens is 2. The van der Waals surface area contributed by atoms with Gasteiger partial charge in [-0.25, -0.2) is 0 Å². The van der Waals surface area contributed by atoms with Gasteiger partial charge in [-0.3, -0.25) is 0 Å². The predicted molar refractivity (Wildman–Crippen MR) is 80.3 cm³/mol. The van der Waals surface area contributed by atoms with Crippen molar-refractivity contribution >= 4 is 27.5 Å². The summed E-state index contributed by atoms with van der Waals surface area (Å²) in [5.74, 6) is 0. The smallest absolute Gasteiger partial charge is 0.0952 e. The molecule has 0 saturated carbocycles. The molecule has 1 fully saturated rings. The molecule has 1 aliphatic rings. The highest BCUT2D eigenvalue weighted by molar-refractivity contribution is 9.10. The highest BCUT2D eigenvalue weighted by Crippen LogP contribution is 2.48. The number of nitrogens with two attached hydrogens (primary N) is 1. The van der Waals surface area contributed by atoms with Crippen LogP contribution >= 0.6 is 27.5 Å². The predicted octanol–water partition coefficient (Wildman–Crippen LogP) is 3.07. The third-order valence-corrected chi connectivity index (χ3v) is 5.13. The number of ether oxygens (including phenoxy) is 1. The van der Waals surface area contributed by atoms with Crippen LogP contribution in [-0.4, -0.2) is 24.9 Å². The second-order valence-corrected chi connectivity index (χ2v) is 6.62. The molecule has 1 aliphatic heterocycles. The molecule has 0 amide bonds. The number of aliphatic hydroxyl groups is 1. The SMILES string of the molecule is CC(O)(c1ccc(Br)cc1Cl)C1(CN)CCOCC1. The molecule has 0 aliphatic carbocycles. The molecule has 1 heterocycles. The van der Waals surface area contributed by atoms with Crippen LogP contribution in [-0.2, 0) is 10.3 Å². The second kappa shape index (κ2) is 5.70. The summed E-state index contributed by atoms with van der Waals surface area (Å²) >= 11 is 9.67. The molecule has 1 unspecified atom stereocenters. The molecular weight excluding hydrogens is 330 g/mol. The van der Waals surface area contributed by atoms with Crippen LogP contribution in [0.3, 0.4) is 0 Å². The van der Waals surface area contributed by atoms with Crippen LogP contribution in [0, 0.1) is 5.41 Å². The van der Waals surface area contributed by atoms with E-state index >= 15 is 0 Å². The molecule has 0 bridgehead atoms. The number of rotatable bonds is 3. The molecule has 0 radical (unpaired) electrons. The third kappa shape index (κ3) is 2.69. The minimum Gasteiger partial charge on any atom is -0.385 e. The summed E-state index contributed by atoms with van der Waals surface area (Å²) in [7, 11) is 0. The lowest BCUT2D eigenvalue weighted by Gasteiger charge is -2.47. The number of hydrogen-bond donors (Lipinski definition) is 2. The van der Waals surface area contributed by atoms with Crippen LogP contribution in [0.15, 0.2) is 22.7 Å². The minimum absolute atomic E-state index is 0.386. The van der Waals surface area contributed by atoms with Gasteiger partial charge in [0.1, 0.15) is 0 Å². The van der Waals surface area contributed by atoms with Gasteiger partial charge in [-0.1, -0.05) is 33.6 Å². The Labute approximate surface area is 127 Å². The Bertz CT molecular complexity index is 459. The zero-order chi connectivity index (χ0) is 14.1. The summed E-state index contributed by atoms with van der Waals surface area (Å²) in [6, 6.07) is 5.55. The van der Waals surface area contributed by atoms with Gasteiger partial charge in [0.05, 0.1) is 5.60 Å². The molecule has 1 aromatic carbocycles. The summed E-state index contributed by atoms with van der Waals surface area (Å²) < 4.78 is 6.29. The average molecular weight is 349 g/mol. The molecule has 3 N–H and O–H groups in total. The molecule has 0 spiro atoms. The molecule has 106 valence electrons. The number of hydrogen-bond acceptors (Lipinski definition) is 3. The summed E-state index contributed by atoms with van der Waals surface area (Å²) in [4.78, 5) is 0. The first-order valence-electron chi connectivity index (χ1n) is 6.39. The highest BCUT2D eigenvalue weighted by atomic mass is 79.9. The lowest BCUT2D eigenvalue weighted by molar-refractivity contribution is -0.123. The third-order valence-electron chi connectivity index (χ3n) is 4.33. The Morgan fingerprint density at radius 2 is 2.11 bits per heavy atom. The van der Waals surface area contributed by atoms with E-state index in [2.05, 4.69) is 15.9 Å². The zero-order valence-corrected chi connectivity index (χ0v) is 13.3. The fourth-order valence-electron chi connectivity index (χ4n) is 2.82. The maximum Gasteiger partial charge on any atom is 0.0952 e. The van der Waals surface area contributed by atoms with Crippen LogP contribution in [0.5, 0.6) is 0 Å². The Hall–Kier alpha value is -0.130. The number of benzene rings is 1. The van der Waals surface area contributed by atoms with Crippen molar-refractivity contribution in [2.75, 3.05) is 19.8 Å². The van der Waals surface area contributed by atoms with Crippen molar-refractivity contribution in [2.24, 2.45) is 11.1 Å². The first-order chi connectivity index (χ1) is 8.93. The zero-order valence-electron chi connectivity index (χ0n) is 11.0. The lowest BCUT2D eigenvalue weighted by atomic mass is 9.65. The van der Waals surface area contributed by atoms with Crippen molar-refractivity contribution in [3.63, 3.8) is 0 Å². The molecule has 2 rings (SSSR count). The monoisotopic (exact) mass is 347 g/mol. The molecule has 1 saturated heterocycles. The normalized spacial score (nSPS) is 21.9. The van der Waals surface area contributed by atoms with Crippen molar-refractivity contribution in [1.82, 2.24) is 0 Å². The Balaban J connectivity index is 2.44. The van der Waals surface area contributed by atoms with Crippen LogP contribution in [0.25, 0.3) is 0 Å². The van der Waals surface area contributed by atoms with Crippen molar-refractivity contribution < 1.29 is 9.84 Å². The van der Waals surface area contributed by atoms with Crippen molar-refractivity contribution in [2.45, 2.75) is 25.4 Å². The fraction of sp³-hybridized carbons (Fsp3) is 0.571. The van der Waals surface area contributed by atoms with E-state index in [1.54, 1.807) is 13.0 Å². The molecular formula is C14H19BrClNO2. The lowest BCUT2D eigenvalue weighted by Crippen LogP contribution is -2.51. The van der Waals surface area contributed by atoms with Gasteiger partial charge in [-0.15, -0.1) is 0 Å². The Morgan fingerprint density at radius 3 is 2.63 bits per heavy atom. The van der Waals surface area contributed by atoms with Gasteiger partial charge in [-0.05, 0) is 31.9 Å². The van der Waals surface area contributed by atoms with Gasteiger partial charge in [0.2, 0.25) is 0 Å². The summed E-state index contributed by atoms with van der Waals surface area (Å²) in [6.07, 6.45) is 1.48. The Morgan fingerprint density at radius 1 is 1.47 bits per heavy atom. The van der Waals surface area contributed by atoms with E-state index < -0.39 is 5.60 Å². The topological polar surface area (TPSA) is 55.5 Å². The van der Waals surface area contributed by atoms with Gasteiger partial charge in [-0.2, -0.15) is 0 Å². The van der Waals surface area contributed by atoms with E-state index in [9.17, 15) is 5.11 Å². The summed E-state index contributed by atoms with van der Waals surface area (Å²) in [6.45, 7) is 3.47. The molecule has 19 heavy (non-hydrogen) atoms. The van der Waals surface area contributed by atoms with E-state index in [1.807, 2.05) is 12.1 Å². The van der Waals surface area contributed by atoms with Crippen molar-refractivity contribution in [3.05, 3.63) is 33.3 Å². The van der Waals surface area contributed by atoms with Gasteiger partial charge >= 0.3 is 0 Å². The van der Waals surface area contributed by atoms with Gasteiger partial charge < -0.3 is 15.6 Å². The molecule has 5 heteroatoms. The largest absolute Gasteiger partial charge is 0.385 e. The molecule has 3 nitrogen and oxygen atoms in total. The average Bonchev–Trinajstić information content (AvgIpc) is 2.39. The van der Waals surface area contributed by atoms with Gasteiger partial charge in [0.15, 0.2) is 0 Å². The highest BCUT2D eigenvalue weighted by Gasteiger charge is 2.48. The van der Waals surface area contributed by atoms with E-state index in [4.69, 9.17) is 22.1 Å². The van der Waals surface area contributed by atoms with Crippen LogP contribution in [0.2, 0.25) is 5.02 Å². The first-order valence-corrected chi connectivity index (χ1v) is 7.56. The van der Waals surface area contributed by atoms with E-state index in [-0.39, 0.29) is 5.41 Å². The first kappa shape index (κ1) is 15.3. The summed E-state index contributed by atoms with van der Waals surface area (Å²) in [5, 5.41) is 11.7. The van der Waals surface area contributed by atoms with Crippen LogP contribution in [0.4, 0.5) is 0 Å².